The van der Waals surface area contributed by atoms with Gasteiger partial charge in [-0.1, -0.05) is 26.3 Å². The molecule has 1 aromatic carbocycles. The molecule has 0 aromatic heterocycles. The Hall–Kier alpha value is -2.08. The average molecular weight is 361 g/mol. The fourth-order valence-corrected chi connectivity index (χ4v) is 3.09. The van der Waals surface area contributed by atoms with E-state index < -0.39 is 0 Å². The van der Waals surface area contributed by atoms with Crippen molar-refractivity contribution in [2.45, 2.75) is 53.0 Å². The van der Waals surface area contributed by atoms with Gasteiger partial charge in [0, 0.05) is 36.4 Å². The Morgan fingerprint density at radius 1 is 1.23 bits per heavy atom. The number of rotatable bonds is 6. The van der Waals surface area contributed by atoms with Crippen LogP contribution in [0.1, 0.15) is 45.6 Å². The summed E-state index contributed by atoms with van der Waals surface area (Å²) in [6.45, 7) is 10.5. The van der Waals surface area contributed by atoms with Crippen molar-refractivity contribution >= 4 is 23.3 Å². The summed E-state index contributed by atoms with van der Waals surface area (Å²) in [7, 11) is 0. The van der Waals surface area contributed by atoms with Gasteiger partial charge in [-0.05, 0) is 50.9 Å². The van der Waals surface area contributed by atoms with E-state index in [2.05, 4.69) is 27.8 Å². The van der Waals surface area contributed by atoms with Crippen molar-refractivity contribution in [2.24, 2.45) is 5.92 Å². The van der Waals surface area contributed by atoms with Gasteiger partial charge in [0.15, 0.2) is 0 Å². The van der Waals surface area contributed by atoms with Crippen molar-refractivity contribution in [3.8, 4) is 0 Å². The zero-order valence-electron chi connectivity index (χ0n) is 16.4. The predicted octanol–water partition coefficient (Wildman–Crippen LogP) is 3.59. The van der Waals surface area contributed by atoms with Crippen LogP contribution in [0.3, 0.4) is 0 Å². The van der Waals surface area contributed by atoms with E-state index in [0.717, 1.165) is 18.7 Å². The highest BCUT2D eigenvalue weighted by Crippen LogP contribution is 2.21. The molecular weight excluding hydrogens is 328 g/mol. The van der Waals surface area contributed by atoms with Crippen LogP contribution in [-0.4, -0.2) is 42.5 Å². The van der Waals surface area contributed by atoms with Gasteiger partial charge in [-0.15, -0.1) is 0 Å². The molecular formula is C20H32N4O2. The molecule has 2 rings (SSSR count). The van der Waals surface area contributed by atoms with Crippen LogP contribution in [-0.2, 0) is 4.79 Å². The number of piperidine rings is 1. The summed E-state index contributed by atoms with van der Waals surface area (Å²) in [5.74, 6) is -0.131. The lowest BCUT2D eigenvalue weighted by Gasteiger charge is -2.33. The molecule has 0 radical (unpaired) electrons. The molecule has 1 aliphatic rings. The molecule has 1 unspecified atom stereocenters. The number of nitrogens with zero attached hydrogens (tertiary/aromatic N) is 1. The number of benzene rings is 1. The van der Waals surface area contributed by atoms with E-state index in [4.69, 9.17) is 0 Å². The third kappa shape index (κ3) is 6.02. The highest BCUT2D eigenvalue weighted by molar-refractivity contribution is 5.94. The van der Waals surface area contributed by atoms with Crippen molar-refractivity contribution in [3.05, 3.63) is 23.8 Å². The Bertz CT molecular complexity index is 630. The number of carbonyl (C=O) groups is 2. The first kappa shape index (κ1) is 20.2. The van der Waals surface area contributed by atoms with Crippen molar-refractivity contribution in [3.63, 3.8) is 0 Å². The maximum atomic E-state index is 12.2. The van der Waals surface area contributed by atoms with Crippen LogP contribution >= 0.6 is 0 Å². The van der Waals surface area contributed by atoms with E-state index in [-0.39, 0.29) is 17.9 Å². The van der Waals surface area contributed by atoms with Gasteiger partial charge in [0.1, 0.15) is 0 Å². The van der Waals surface area contributed by atoms with Gasteiger partial charge < -0.3 is 16.0 Å². The van der Waals surface area contributed by atoms with E-state index >= 15 is 0 Å². The summed E-state index contributed by atoms with van der Waals surface area (Å²) < 4.78 is 0. The summed E-state index contributed by atoms with van der Waals surface area (Å²) in [6.07, 6.45) is 3.78. The number of anilines is 2. The van der Waals surface area contributed by atoms with Crippen molar-refractivity contribution < 1.29 is 9.59 Å². The molecule has 3 amide bonds. The zero-order chi connectivity index (χ0) is 19.1. The standard InChI is InChI=1S/C20H32N4O2/c1-14(2)19(25)22-17-9-8-15(3)18(13-17)23-20(26)21-10-12-24-11-6-5-7-16(24)4/h8-9,13-14,16H,5-7,10-12H2,1-4H3,(H,22,25)(H2,21,23,26). The first-order chi connectivity index (χ1) is 12.4. The maximum Gasteiger partial charge on any atom is 0.319 e. The monoisotopic (exact) mass is 360 g/mol. The number of carbonyl (C=O) groups excluding carboxylic acids is 2. The molecule has 144 valence electrons. The van der Waals surface area contributed by atoms with E-state index in [0.29, 0.717) is 24.0 Å². The van der Waals surface area contributed by atoms with Gasteiger partial charge in [0.05, 0.1) is 0 Å². The van der Waals surface area contributed by atoms with Crippen LogP contribution in [0.15, 0.2) is 18.2 Å². The number of hydrogen-bond acceptors (Lipinski definition) is 3. The number of aryl methyl sites for hydroxylation is 1. The molecule has 26 heavy (non-hydrogen) atoms. The molecule has 1 aromatic rings. The Labute approximate surface area is 156 Å². The quantitative estimate of drug-likeness (QED) is 0.726. The lowest BCUT2D eigenvalue weighted by Crippen LogP contribution is -2.43. The maximum absolute atomic E-state index is 12.2. The molecule has 0 aliphatic carbocycles. The van der Waals surface area contributed by atoms with Crippen LogP contribution in [0.2, 0.25) is 0 Å². The largest absolute Gasteiger partial charge is 0.337 e. The SMILES string of the molecule is Cc1ccc(NC(=O)C(C)C)cc1NC(=O)NCCN1CCCCC1C. The smallest absolute Gasteiger partial charge is 0.319 e. The van der Waals surface area contributed by atoms with Crippen LogP contribution < -0.4 is 16.0 Å². The minimum Gasteiger partial charge on any atom is -0.337 e. The molecule has 3 N–H and O–H groups in total. The first-order valence-electron chi connectivity index (χ1n) is 9.57. The Morgan fingerprint density at radius 2 is 2.00 bits per heavy atom. The minimum absolute atomic E-state index is 0.0418. The second-order valence-corrected chi connectivity index (χ2v) is 7.44. The number of likely N-dealkylation sites (tertiary alicyclic amines) is 1. The lowest BCUT2D eigenvalue weighted by atomic mass is 10.0. The van der Waals surface area contributed by atoms with Crippen LogP contribution in [0.5, 0.6) is 0 Å². The van der Waals surface area contributed by atoms with Gasteiger partial charge in [-0.25, -0.2) is 4.79 Å². The molecule has 6 heteroatoms. The second-order valence-electron chi connectivity index (χ2n) is 7.44. The van der Waals surface area contributed by atoms with Crippen molar-refractivity contribution in [1.82, 2.24) is 10.2 Å². The summed E-state index contributed by atoms with van der Waals surface area (Å²) >= 11 is 0. The Morgan fingerprint density at radius 3 is 2.69 bits per heavy atom. The van der Waals surface area contributed by atoms with Crippen LogP contribution in [0.4, 0.5) is 16.2 Å². The number of amides is 3. The molecule has 0 saturated carbocycles. The molecule has 0 bridgehead atoms. The van der Waals surface area contributed by atoms with Gasteiger partial charge >= 0.3 is 6.03 Å². The van der Waals surface area contributed by atoms with Gasteiger partial charge in [-0.2, -0.15) is 0 Å². The zero-order valence-corrected chi connectivity index (χ0v) is 16.4. The normalized spacial score (nSPS) is 17.8. The highest BCUT2D eigenvalue weighted by Gasteiger charge is 2.17. The fourth-order valence-electron chi connectivity index (χ4n) is 3.09. The molecule has 1 fully saturated rings. The van der Waals surface area contributed by atoms with Gasteiger partial charge in [-0.3, -0.25) is 9.69 Å². The molecule has 6 nitrogen and oxygen atoms in total. The molecule has 1 atom stereocenters. The van der Waals surface area contributed by atoms with E-state index in [1.807, 2.05) is 32.9 Å². The highest BCUT2D eigenvalue weighted by atomic mass is 16.2. The topological polar surface area (TPSA) is 73.5 Å². The van der Waals surface area contributed by atoms with Gasteiger partial charge in [0.25, 0.3) is 0 Å². The number of urea groups is 1. The van der Waals surface area contributed by atoms with E-state index in [9.17, 15) is 9.59 Å². The molecule has 0 spiro atoms. The minimum atomic E-state index is -0.218. The predicted molar refractivity (Wildman–Crippen MR) is 107 cm³/mol. The summed E-state index contributed by atoms with van der Waals surface area (Å²) in [4.78, 5) is 26.5. The van der Waals surface area contributed by atoms with Crippen molar-refractivity contribution in [1.29, 1.82) is 0 Å². The van der Waals surface area contributed by atoms with Crippen molar-refractivity contribution in [2.75, 3.05) is 30.3 Å². The molecule has 1 aliphatic heterocycles. The number of hydrogen-bond donors (Lipinski definition) is 3. The summed E-state index contributed by atoms with van der Waals surface area (Å²) in [5.41, 5.74) is 2.34. The Kier molecular flexibility index (Phi) is 7.45. The third-order valence-corrected chi connectivity index (χ3v) is 4.90. The Balaban J connectivity index is 1.84. The summed E-state index contributed by atoms with van der Waals surface area (Å²) in [6, 6.07) is 5.90. The van der Waals surface area contributed by atoms with Crippen LogP contribution in [0.25, 0.3) is 0 Å². The third-order valence-electron chi connectivity index (χ3n) is 4.90. The van der Waals surface area contributed by atoms with E-state index in [1.54, 1.807) is 6.07 Å². The first-order valence-corrected chi connectivity index (χ1v) is 9.57. The number of nitrogens with one attached hydrogen (secondary N) is 3. The van der Waals surface area contributed by atoms with Crippen LogP contribution in [0, 0.1) is 12.8 Å². The van der Waals surface area contributed by atoms with E-state index in [1.165, 1.54) is 19.3 Å². The summed E-state index contributed by atoms with van der Waals surface area (Å²) in [5, 5.41) is 8.66. The fraction of sp³-hybridized carbons (Fsp3) is 0.600. The van der Waals surface area contributed by atoms with Gasteiger partial charge in [0.2, 0.25) is 5.91 Å². The average Bonchev–Trinajstić information content (AvgIpc) is 2.59. The lowest BCUT2D eigenvalue weighted by molar-refractivity contribution is -0.118. The molecule has 1 heterocycles. The molecule has 1 saturated heterocycles. The second kappa shape index (κ2) is 9.57.